The second kappa shape index (κ2) is 5.46. The van der Waals surface area contributed by atoms with Gasteiger partial charge in [-0.2, -0.15) is 5.10 Å². The summed E-state index contributed by atoms with van der Waals surface area (Å²) in [6, 6.07) is 1.75. The van der Waals surface area contributed by atoms with E-state index in [4.69, 9.17) is 0 Å². The summed E-state index contributed by atoms with van der Waals surface area (Å²) in [7, 11) is 0. The van der Waals surface area contributed by atoms with Gasteiger partial charge >= 0.3 is 0 Å². The van der Waals surface area contributed by atoms with Gasteiger partial charge in [0.15, 0.2) is 0 Å². The highest BCUT2D eigenvalue weighted by atomic mass is 32.1. The van der Waals surface area contributed by atoms with Crippen LogP contribution in [0.5, 0.6) is 0 Å². The summed E-state index contributed by atoms with van der Waals surface area (Å²) in [6.45, 7) is 7.30. The van der Waals surface area contributed by atoms with Crippen LogP contribution >= 0.6 is 11.3 Å². The molecular formula is C14H18N4OS. The van der Waals surface area contributed by atoms with E-state index in [0.717, 1.165) is 42.3 Å². The first-order chi connectivity index (χ1) is 9.65. The molecule has 0 bridgehead atoms. The highest BCUT2D eigenvalue weighted by molar-refractivity contribution is 7.11. The molecule has 2 aromatic rings. The number of hydrogen-bond donors (Lipinski definition) is 0. The quantitative estimate of drug-likeness (QED) is 0.861. The summed E-state index contributed by atoms with van der Waals surface area (Å²) in [5, 5.41) is 5.55. The lowest BCUT2D eigenvalue weighted by molar-refractivity contribution is 0.243. The molecule has 20 heavy (non-hydrogen) atoms. The zero-order valence-corrected chi connectivity index (χ0v) is 12.6. The molecule has 0 saturated carbocycles. The molecule has 3 rings (SSSR count). The van der Waals surface area contributed by atoms with E-state index in [2.05, 4.69) is 15.0 Å². The van der Waals surface area contributed by atoms with E-state index in [1.165, 1.54) is 4.88 Å². The van der Waals surface area contributed by atoms with E-state index in [0.29, 0.717) is 6.54 Å². The molecule has 0 atom stereocenters. The fourth-order valence-corrected chi connectivity index (χ4v) is 3.40. The van der Waals surface area contributed by atoms with E-state index in [-0.39, 0.29) is 5.56 Å². The minimum atomic E-state index is 0.00161. The largest absolute Gasteiger partial charge is 0.293 e. The third-order valence-electron chi connectivity index (χ3n) is 3.57. The molecule has 0 amide bonds. The van der Waals surface area contributed by atoms with Crippen LogP contribution in [0.3, 0.4) is 0 Å². The van der Waals surface area contributed by atoms with E-state index in [1.807, 2.05) is 20.0 Å². The SMILES string of the molecule is CCn1nc2c(cc1=O)CN(Cc1cnc(C)s1)CC2. The predicted molar refractivity (Wildman–Crippen MR) is 78.8 cm³/mol. The Bertz CT molecular complexity index is 676. The summed E-state index contributed by atoms with van der Waals surface area (Å²) >= 11 is 1.74. The van der Waals surface area contributed by atoms with Crippen molar-refractivity contribution in [3.8, 4) is 0 Å². The van der Waals surface area contributed by atoms with Crippen LogP contribution in [0.1, 0.15) is 28.1 Å². The predicted octanol–water partition coefficient (Wildman–Crippen LogP) is 1.59. The molecule has 0 N–H and O–H groups in total. The third kappa shape index (κ3) is 2.66. The molecule has 0 aliphatic carbocycles. The molecule has 0 fully saturated rings. The molecule has 0 unspecified atom stereocenters. The summed E-state index contributed by atoms with van der Waals surface area (Å²) in [4.78, 5) is 19.8. The lowest BCUT2D eigenvalue weighted by Gasteiger charge is -2.27. The molecule has 2 aromatic heterocycles. The first-order valence-electron chi connectivity index (χ1n) is 6.89. The maximum atomic E-state index is 11.9. The van der Waals surface area contributed by atoms with Crippen LogP contribution in [0.25, 0.3) is 0 Å². The summed E-state index contributed by atoms with van der Waals surface area (Å²) in [5.74, 6) is 0. The van der Waals surface area contributed by atoms with E-state index >= 15 is 0 Å². The number of aromatic nitrogens is 3. The van der Waals surface area contributed by atoms with Crippen molar-refractivity contribution >= 4 is 11.3 Å². The standard InChI is InChI=1S/C14H18N4OS/c1-3-18-14(19)6-11-8-17(5-4-13(11)16-18)9-12-7-15-10(2)20-12/h6-7H,3-5,8-9H2,1-2H3. The normalized spacial score (nSPS) is 15.3. The molecule has 5 nitrogen and oxygen atoms in total. The van der Waals surface area contributed by atoms with Crippen molar-refractivity contribution in [2.45, 2.75) is 39.9 Å². The van der Waals surface area contributed by atoms with E-state index < -0.39 is 0 Å². The molecular weight excluding hydrogens is 272 g/mol. The van der Waals surface area contributed by atoms with Gasteiger partial charge in [0.2, 0.25) is 0 Å². The Balaban J connectivity index is 1.78. The van der Waals surface area contributed by atoms with Crippen LogP contribution in [0.4, 0.5) is 0 Å². The van der Waals surface area contributed by atoms with Crippen LogP contribution in [0.15, 0.2) is 17.1 Å². The van der Waals surface area contributed by atoms with Gasteiger partial charge in [-0.3, -0.25) is 9.69 Å². The van der Waals surface area contributed by atoms with Gasteiger partial charge in [-0.25, -0.2) is 9.67 Å². The van der Waals surface area contributed by atoms with Crippen LogP contribution < -0.4 is 5.56 Å². The number of aryl methyl sites for hydroxylation is 2. The average Bonchev–Trinajstić information content (AvgIpc) is 2.83. The summed E-state index contributed by atoms with van der Waals surface area (Å²) in [6.07, 6.45) is 2.86. The number of hydrogen-bond acceptors (Lipinski definition) is 5. The Morgan fingerprint density at radius 3 is 3.00 bits per heavy atom. The average molecular weight is 290 g/mol. The zero-order valence-electron chi connectivity index (χ0n) is 11.8. The Morgan fingerprint density at radius 2 is 2.30 bits per heavy atom. The van der Waals surface area contributed by atoms with Crippen LogP contribution in [0, 0.1) is 6.92 Å². The van der Waals surface area contributed by atoms with Gasteiger partial charge in [0.1, 0.15) is 0 Å². The zero-order chi connectivity index (χ0) is 14.1. The lowest BCUT2D eigenvalue weighted by atomic mass is 10.1. The van der Waals surface area contributed by atoms with Crippen LogP contribution in [0.2, 0.25) is 0 Å². The second-order valence-electron chi connectivity index (χ2n) is 5.08. The third-order valence-corrected chi connectivity index (χ3v) is 4.47. The van der Waals surface area contributed by atoms with Gasteiger partial charge in [0.05, 0.1) is 10.7 Å². The maximum Gasteiger partial charge on any atom is 0.267 e. The van der Waals surface area contributed by atoms with Gasteiger partial charge in [0.25, 0.3) is 5.56 Å². The molecule has 6 heteroatoms. The monoisotopic (exact) mass is 290 g/mol. The Labute approximate surface area is 121 Å². The highest BCUT2D eigenvalue weighted by Crippen LogP contribution is 2.20. The fraction of sp³-hybridized carbons (Fsp3) is 0.500. The van der Waals surface area contributed by atoms with Crippen LogP contribution in [-0.2, 0) is 26.1 Å². The topological polar surface area (TPSA) is 51.0 Å². The molecule has 0 aromatic carbocycles. The van der Waals surface area contributed by atoms with Crippen molar-refractivity contribution in [2.24, 2.45) is 0 Å². The van der Waals surface area contributed by atoms with Crippen molar-refractivity contribution in [3.63, 3.8) is 0 Å². The lowest BCUT2D eigenvalue weighted by Crippen LogP contribution is -2.34. The van der Waals surface area contributed by atoms with Gasteiger partial charge < -0.3 is 0 Å². The number of nitrogens with zero attached hydrogens (tertiary/aromatic N) is 4. The minimum Gasteiger partial charge on any atom is -0.293 e. The van der Waals surface area contributed by atoms with E-state index in [1.54, 1.807) is 22.1 Å². The number of fused-ring (bicyclic) bond motifs is 1. The van der Waals surface area contributed by atoms with Crippen molar-refractivity contribution in [1.29, 1.82) is 0 Å². The van der Waals surface area contributed by atoms with Crippen molar-refractivity contribution in [3.05, 3.63) is 43.8 Å². The fourth-order valence-electron chi connectivity index (χ4n) is 2.56. The number of rotatable bonds is 3. The second-order valence-corrected chi connectivity index (χ2v) is 6.40. The molecule has 0 saturated heterocycles. The maximum absolute atomic E-state index is 11.9. The van der Waals surface area contributed by atoms with Crippen molar-refractivity contribution in [2.75, 3.05) is 6.54 Å². The molecule has 106 valence electrons. The van der Waals surface area contributed by atoms with Gasteiger partial charge in [-0.05, 0) is 19.4 Å². The smallest absolute Gasteiger partial charge is 0.267 e. The minimum absolute atomic E-state index is 0.00161. The number of thiazole rings is 1. The Morgan fingerprint density at radius 1 is 1.45 bits per heavy atom. The molecule has 0 radical (unpaired) electrons. The van der Waals surface area contributed by atoms with Gasteiger partial charge in [-0.15, -0.1) is 11.3 Å². The molecule has 0 spiro atoms. The van der Waals surface area contributed by atoms with Crippen molar-refractivity contribution in [1.82, 2.24) is 19.7 Å². The summed E-state index contributed by atoms with van der Waals surface area (Å²) in [5.41, 5.74) is 2.15. The van der Waals surface area contributed by atoms with Gasteiger partial charge in [0, 0.05) is 49.7 Å². The van der Waals surface area contributed by atoms with E-state index in [9.17, 15) is 4.79 Å². The summed E-state index contributed by atoms with van der Waals surface area (Å²) < 4.78 is 1.54. The Kier molecular flexibility index (Phi) is 3.67. The Hall–Kier alpha value is -1.53. The molecule has 3 heterocycles. The molecule has 1 aliphatic heterocycles. The van der Waals surface area contributed by atoms with Crippen LogP contribution in [-0.4, -0.2) is 26.2 Å². The van der Waals surface area contributed by atoms with Crippen molar-refractivity contribution < 1.29 is 0 Å². The molecule has 1 aliphatic rings. The first-order valence-corrected chi connectivity index (χ1v) is 7.71. The first kappa shape index (κ1) is 13.5. The van der Waals surface area contributed by atoms with Gasteiger partial charge in [-0.1, -0.05) is 0 Å². The highest BCUT2D eigenvalue weighted by Gasteiger charge is 2.19.